The van der Waals surface area contributed by atoms with Crippen LogP contribution in [0.4, 0.5) is 0 Å². The van der Waals surface area contributed by atoms with E-state index in [1.165, 1.54) is 5.56 Å². The molecule has 2 atom stereocenters. The Kier molecular flexibility index (Phi) is 5.65. The minimum absolute atomic E-state index is 0.00868. The van der Waals surface area contributed by atoms with Gasteiger partial charge < -0.3 is 9.80 Å². The third-order valence-corrected chi connectivity index (χ3v) is 7.10. The number of benzene rings is 1. The second-order valence-corrected chi connectivity index (χ2v) is 9.39. The summed E-state index contributed by atoms with van der Waals surface area (Å²) >= 11 is 0. The molecule has 7 heteroatoms. The number of sulfone groups is 1. The van der Waals surface area contributed by atoms with E-state index in [2.05, 4.69) is 0 Å². The fourth-order valence-electron chi connectivity index (χ4n) is 3.91. The lowest BCUT2D eigenvalue weighted by atomic mass is 10.1. The normalized spacial score (nSPS) is 24.8. The Morgan fingerprint density at radius 2 is 2.00 bits per heavy atom. The lowest BCUT2D eigenvalue weighted by Crippen LogP contribution is -2.44. The van der Waals surface area contributed by atoms with E-state index in [0.717, 1.165) is 6.42 Å². The lowest BCUT2D eigenvalue weighted by molar-refractivity contribution is -0.137. The summed E-state index contributed by atoms with van der Waals surface area (Å²) in [6, 6.07) is 9.73. The minimum Gasteiger partial charge on any atom is -0.342 e. The molecule has 3 rings (SSSR count). The van der Waals surface area contributed by atoms with Gasteiger partial charge in [0.05, 0.1) is 17.4 Å². The van der Waals surface area contributed by atoms with Gasteiger partial charge in [-0.15, -0.1) is 0 Å². The van der Waals surface area contributed by atoms with Gasteiger partial charge in [0.25, 0.3) is 0 Å². The van der Waals surface area contributed by atoms with Crippen LogP contribution in [0, 0.1) is 5.92 Å². The van der Waals surface area contributed by atoms with Gasteiger partial charge in [0, 0.05) is 32.1 Å². The van der Waals surface area contributed by atoms with E-state index in [-0.39, 0.29) is 41.7 Å². The highest BCUT2D eigenvalue weighted by Crippen LogP contribution is 2.25. The van der Waals surface area contributed by atoms with Crippen molar-refractivity contribution in [2.24, 2.45) is 5.92 Å². The van der Waals surface area contributed by atoms with Crippen molar-refractivity contribution in [3.05, 3.63) is 35.9 Å². The topological polar surface area (TPSA) is 74.8 Å². The molecule has 2 aliphatic rings. The predicted molar refractivity (Wildman–Crippen MR) is 99.3 cm³/mol. The van der Waals surface area contributed by atoms with Gasteiger partial charge in [-0.2, -0.15) is 0 Å². The van der Waals surface area contributed by atoms with Crippen molar-refractivity contribution in [3.63, 3.8) is 0 Å². The van der Waals surface area contributed by atoms with Crippen molar-refractivity contribution in [1.29, 1.82) is 0 Å². The standard InChI is InChI=1S/C19H26N2O4S/c1-2-21(17-9-11-26(24,25)14-17)19(23)16-12-18(22)20(13-16)10-8-15-6-4-3-5-7-15/h3-7,16-17H,2,8-14H2,1H3. The molecule has 0 N–H and O–H groups in total. The van der Waals surface area contributed by atoms with Crippen LogP contribution in [0.25, 0.3) is 0 Å². The van der Waals surface area contributed by atoms with Crippen LogP contribution in [0.5, 0.6) is 0 Å². The molecule has 2 heterocycles. The molecule has 2 aliphatic heterocycles. The average Bonchev–Trinajstić information content (AvgIpc) is 3.17. The molecule has 0 aliphatic carbocycles. The molecule has 2 amide bonds. The van der Waals surface area contributed by atoms with Gasteiger partial charge in [-0.1, -0.05) is 30.3 Å². The zero-order chi connectivity index (χ0) is 18.7. The number of hydrogen-bond donors (Lipinski definition) is 0. The van der Waals surface area contributed by atoms with Gasteiger partial charge in [0.1, 0.15) is 0 Å². The Labute approximate surface area is 155 Å². The predicted octanol–water partition coefficient (Wildman–Crippen LogP) is 1.11. The zero-order valence-corrected chi connectivity index (χ0v) is 16.0. The van der Waals surface area contributed by atoms with Crippen molar-refractivity contribution >= 4 is 21.7 Å². The monoisotopic (exact) mass is 378 g/mol. The molecule has 2 saturated heterocycles. The van der Waals surface area contributed by atoms with Crippen LogP contribution in [0.1, 0.15) is 25.3 Å². The van der Waals surface area contributed by atoms with E-state index in [4.69, 9.17) is 0 Å². The van der Waals surface area contributed by atoms with Crippen LogP contribution in [0.3, 0.4) is 0 Å². The summed E-state index contributed by atoms with van der Waals surface area (Å²) in [6.07, 6.45) is 1.50. The Morgan fingerprint density at radius 3 is 2.62 bits per heavy atom. The zero-order valence-electron chi connectivity index (χ0n) is 15.1. The highest BCUT2D eigenvalue weighted by molar-refractivity contribution is 7.91. The first-order valence-corrected chi connectivity index (χ1v) is 11.0. The van der Waals surface area contributed by atoms with E-state index in [9.17, 15) is 18.0 Å². The maximum Gasteiger partial charge on any atom is 0.228 e. The fraction of sp³-hybridized carbons (Fsp3) is 0.579. The summed E-state index contributed by atoms with van der Waals surface area (Å²) in [5.41, 5.74) is 1.17. The number of carbonyl (C=O) groups excluding carboxylic acids is 2. The van der Waals surface area contributed by atoms with Crippen LogP contribution in [0.2, 0.25) is 0 Å². The van der Waals surface area contributed by atoms with E-state index < -0.39 is 9.84 Å². The number of rotatable bonds is 6. The van der Waals surface area contributed by atoms with Crippen LogP contribution < -0.4 is 0 Å². The molecule has 142 valence electrons. The average molecular weight is 378 g/mol. The van der Waals surface area contributed by atoms with Gasteiger partial charge in [0.15, 0.2) is 9.84 Å². The maximum atomic E-state index is 12.9. The van der Waals surface area contributed by atoms with E-state index in [1.54, 1.807) is 9.80 Å². The summed E-state index contributed by atoms with van der Waals surface area (Å²) in [7, 11) is -3.04. The molecule has 0 aromatic heterocycles. The number of nitrogens with zero attached hydrogens (tertiary/aromatic N) is 2. The lowest BCUT2D eigenvalue weighted by Gasteiger charge is -2.29. The van der Waals surface area contributed by atoms with Crippen molar-refractivity contribution in [2.75, 3.05) is 31.1 Å². The van der Waals surface area contributed by atoms with Gasteiger partial charge in [-0.25, -0.2) is 8.42 Å². The summed E-state index contributed by atoms with van der Waals surface area (Å²) in [4.78, 5) is 28.6. The van der Waals surface area contributed by atoms with E-state index in [0.29, 0.717) is 26.1 Å². The van der Waals surface area contributed by atoms with Crippen LogP contribution in [-0.2, 0) is 25.8 Å². The Morgan fingerprint density at radius 1 is 1.27 bits per heavy atom. The summed E-state index contributed by atoms with van der Waals surface area (Å²) in [5, 5.41) is 0. The molecule has 0 saturated carbocycles. The third kappa shape index (κ3) is 4.26. The molecular weight excluding hydrogens is 352 g/mol. The second kappa shape index (κ2) is 7.78. The second-order valence-electron chi connectivity index (χ2n) is 7.16. The number of likely N-dealkylation sites (tertiary alicyclic amines) is 1. The largest absolute Gasteiger partial charge is 0.342 e. The number of hydrogen-bond acceptors (Lipinski definition) is 4. The summed E-state index contributed by atoms with van der Waals surface area (Å²) in [6.45, 7) is 3.39. The molecule has 26 heavy (non-hydrogen) atoms. The molecule has 2 fully saturated rings. The third-order valence-electron chi connectivity index (χ3n) is 5.35. The van der Waals surface area contributed by atoms with Crippen molar-refractivity contribution < 1.29 is 18.0 Å². The molecule has 0 bridgehead atoms. The van der Waals surface area contributed by atoms with E-state index in [1.807, 2.05) is 37.3 Å². The molecule has 1 aromatic carbocycles. The highest BCUT2D eigenvalue weighted by atomic mass is 32.2. The first kappa shape index (κ1) is 18.9. The van der Waals surface area contributed by atoms with Crippen LogP contribution in [0.15, 0.2) is 30.3 Å². The van der Waals surface area contributed by atoms with Crippen molar-refractivity contribution in [3.8, 4) is 0 Å². The molecule has 6 nitrogen and oxygen atoms in total. The Bertz CT molecular complexity index is 763. The van der Waals surface area contributed by atoms with Crippen LogP contribution in [-0.4, -0.2) is 67.2 Å². The smallest absolute Gasteiger partial charge is 0.228 e. The number of carbonyl (C=O) groups is 2. The van der Waals surface area contributed by atoms with Crippen molar-refractivity contribution in [2.45, 2.75) is 32.2 Å². The van der Waals surface area contributed by atoms with Gasteiger partial charge in [-0.3, -0.25) is 9.59 Å². The fourth-order valence-corrected chi connectivity index (χ4v) is 5.64. The quantitative estimate of drug-likeness (QED) is 0.743. The molecule has 0 spiro atoms. The maximum absolute atomic E-state index is 12.9. The van der Waals surface area contributed by atoms with Crippen molar-refractivity contribution in [1.82, 2.24) is 9.80 Å². The summed E-state index contributed by atoms with van der Waals surface area (Å²) < 4.78 is 23.5. The first-order chi connectivity index (χ1) is 12.4. The highest BCUT2D eigenvalue weighted by Gasteiger charge is 2.40. The number of amides is 2. The van der Waals surface area contributed by atoms with Gasteiger partial charge in [0.2, 0.25) is 11.8 Å². The van der Waals surface area contributed by atoms with Gasteiger partial charge in [-0.05, 0) is 25.3 Å². The SMILES string of the molecule is CCN(C(=O)C1CC(=O)N(CCc2ccccc2)C1)C1CCS(=O)(=O)C1. The first-order valence-electron chi connectivity index (χ1n) is 9.22. The Balaban J connectivity index is 1.59. The van der Waals surface area contributed by atoms with E-state index >= 15 is 0 Å². The van der Waals surface area contributed by atoms with Gasteiger partial charge >= 0.3 is 0 Å². The molecule has 0 radical (unpaired) electrons. The van der Waals surface area contributed by atoms with Crippen LogP contribution >= 0.6 is 0 Å². The molecule has 1 aromatic rings. The molecular formula is C19H26N2O4S. The Hall–Kier alpha value is -1.89. The molecule has 2 unspecified atom stereocenters. The summed E-state index contributed by atoms with van der Waals surface area (Å²) in [5.74, 6) is -0.236. The minimum atomic E-state index is -3.04.